The number of ether oxygens (including phenoxy) is 1. The van der Waals surface area contributed by atoms with Crippen LogP contribution in [0.4, 0.5) is 16.2 Å². The molecule has 4 aromatic carbocycles. The van der Waals surface area contributed by atoms with Gasteiger partial charge in [-0.1, -0.05) is 92.2 Å². The molecule has 0 bridgehead atoms. The molecule has 3 amide bonds. The molecule has 0 fully saturated rings. The minimum Gasteiger partial charge on any atom is -0.480 e. The maximum absolute atomic E-state index is 13.2. The second-order valence-corrected chi connectivity index (χ2v) is 8.58. The van der Waals surface area contributed by atoms with E-state index in [0.29, 0.717) is 29.2 Å². The van der Waals surface area contributed by atoms with Gasteiger partial charge in [-0.25, -0.2) is 4.79 Å². The molecule has 0 unspecified atom stereocenters. The summed E-state index contributed by atoms with van der Waals surface area (Å²) in [6.07, 6.45) is 1.43. The summed E-state index contributed by atoms with van der Waals surface area (Å²) in [6, 6.07) is 33.7. The van der Waals surface area contributed by atoms with Crippen LogP contribution in [0, 0.1) is 0 Å². The first-order valence-electron chi connectivity index (χ1n) is 12.5. The zero-order valence-corrected chi connectivity index (χ0v) is 20.8. The molecule has 0 spiro atoms. The van der Waals surface area contributed by atoms with Crippen LogP contribution in [0.2, 0.25) is 0 Å². The highest BCUT2D eigenvalue weighted by atomic mass is 16.5. The van der Waals surface area contributed by atoms with Crippen molar-refractivity contribution in [2.24, 2.45) is 0 Å². The summed E-state index contributed by atoms with van der Waals surface area (Å²) in [5.41, 5.74) is 3.44. The number of para-hydroxylation sites is 1. The Morgan fingerprint density at radius 1 is 0.730 bits per heavy atom. The van der Waals surface area contributed by atoms with Crippen LogP contribution in [0.25, 0.3) is 0 Å². The quantitative estimate of drug-likeness (QED) is 0.208. The van der Waals surface area contributed by atoms with Gasteiger partial charge in [0.15, 0.2) is 0 Å². The smallest absolute Gasteiger partial charge is 0.323 e. The average Bonchev–Trinajstić information content (AvgIpc) is 2.94. The van der Waals surface area contributed by atoms with Crippen LogP contribution in [0.3, 0.4) is 0 Å². The summed E-state index contributed by atoms with van der Waals surface area (Å²) in [5, 5.41) is 8.57. The molecule has 188 valence electrons. The number of carbonyl (C=O) groups excluding carboxylic acids is 2. The molecule has 37 heavy (non-hydrogen) atoms. The van der Waals surface area contributed by atoms with Gasteiger partial charge in [-0.3, -0.25) is 4.79 Å². The number of unbranched alkanes of at least 4 members (excludes halogenated alkanes) is 1. The SMILES string of the molecule is CCCCNC(=O)c1cc(NC(=O)Nc2ccccc2)ccc1OC(c1ccccc1)c1ccccc1. The largest absolute Gasteiger partial charge is 0.480 e. The molecule has 0 aromatic heterocycles. The van der Waals surface area contributed by atoms with Gasteiger partial charge in [0, 0.05) is 17.9 Å². The summed E-state index contributed by atoms with van der Waals surface area (Å²) >= 11 is 0. The molecular weight excluding hydrogens is 462 g/mol. The van der Waals surface area contributed by atoms with Crippen molar-refractivity contribution in [2.45, 2.75) is 25.9 Å². The molecule has 0 aliphatic heterocycles. The summed E-state index contributed by atoms with van der Waals surface area (Å²) in [6.45, 7) is 2.63. The van der Waals surface area contributed by atoms with Crippen LogP contribution in [0.5, 0.6) is 5.75 Å². The van der Waals surface area contributed by atoms with Gasteiger partial charge in [0.05, 0.1) is 5.56 Å². The lowest BCUT2D eigenvalue weighted by molar-refractivity contribution is 0.0947. The van der Waals surface area contributed by atoms with Crippen molar-refractivity contribution in [3.8, 4) is 5.75 Å². The summed E-state index contributed by atoms with van der Waals surface area (Å²) in [7, 11) is 0. The van der Waals surface area contributed by atoms with E-state index < -0.39 is 12.1 Å². The van der Waals surface area contributed by atoms with E-state index >= 15 is 0 Å². The van der Waals surface area contributed by atoms with Crippen LogP contribution >= 0.6 is 0 Å². The molecule has 0 aliphatic rings. The third-order valence-corrected chi connectivity index (χ3v) is 5.78. The van der Waals surface area contributed by atoms with Gasteiger partial charge in [0.1, 0.15) is 11.9 Å². The Morgan fingerprint density at radius 2 is 1.30 bits per heavy atom. The number of carbonyl (C=O) groups is 2. The zero-order chi connectivity index (χ0) is 25.9. The summed E-state index contributed by atoms with van der Waals surface area (Å²) in [5.74, 6) is 0.177. The summed E-state index contributed by atoms with van der Waals surface area (Å²) in [4.78, 5) is 25.8. The Labute approximate surface area is 217 Å². The predicted molar refractivity (Wildman–Crippen MR) is 148 cm³/mol. The lowest BCUT2D eigenvalue weighted by atomic mass is 10.0. The molecule has 0 radical (unpaired) electrons. The van der Waals surface area contributed by atoms with Crippen molar-refractivity contribution in [2.75, 3.05) is 17.2 Å². The maximum Gasteiger partial charge on any atom is 0.323 e. The Morgan fingerprint density at radius 3 is 1.89 bits per heavy atom. The van der Waals surface area contributed by atoms with Gasteiger partial charge < -0.3 is 20.7 Å². The Hall–Kier alpha value is -4.58. The monoisotopic (exact) mass is 493 g/mol. The standard InChI is InChI=1S/C31H31N3O3/c1-2-3-21-32-30(35)27-22-26(34-31(36)33-25-17-11-6-12-18-25)19-20-28(27)37-29(23-13-7-4-8-14-23)24-15-9-5-10-16-24/h4-20,22,29H,2-3,21H2,1H3,(H,32,35)(H2,33,34,36). The lowest BCUT2D eigenvalue weighted by Gasteiger charge is -2.22. The average molecular weight is 494 g/mol. The number of hydrogen-bond donors (Lipinski definition) is 3. The van der Waals surface area contributed by atoms with E-state index in [0.717, 1.165) is 24.0 Å². The fourth-order valence-electron chi connectivity index (χ4n) is 3.89. The molecule has 0 aliphatic carbocycles. The first-order valence-corrected chi connectivity index (χ1v) is 12.5. The van der Waals surface area contributed by atoms with E-state index in [9.17, 15) is 9.59 Å². The third kappa shape index (κ3) is 7.21. The number of anilines is 2. The number of nitrogens with one attached hydrogen (secondary N) is 3. The second-order valence-electron chi connectivity index (χ2n) is 8.58. The van der Waals surface area contributed by atoms with Crippen LogP contribution in [0.1, 0.15) is 47.4 Å². The number of rotatable bonds is 10. The van der Waals surface area contributed by atoms with Crippen LogP contribution in [-0.4, -0.2) is 18.5 Å². The Balaban J connectivity index is 1.62. The van der Waals surface area contributed by atoms with Crippen molar-refractivity contribution >= 4 is 23.3 Å². The highest BCUT2D eigenvalue weighted by Crippen LogP contribution is 2.32. The maximum atomic E-state index is 13.2. The van der Waals surface area contributed by atoms with Crippen molar-refractivity contribution in [1.29, 1.82) is 0 Å². The molecule has 3 N–H and O–H groups in total. The van der Waals surface area contributed by atoms with Crippen molar-refractivity contribution in [3.05, 3.63) is 126 Å². The van der Waals surface area contributed by atoms with Crippen LogP contribution in [-0.2, 0) is 0 Å². The van der Waals surface area contributed by atoms with Gasteiger partial charge in [0.25, 0.3) is 5.91 Å². The number of urea groups is 1. The number of hydrogen-bond acceptors (Lipinski definition) is 3. The van der Waals surface area contributed by atoms with Gasteiger partial charge in [-0.05, 0) is 47.9 Å². The van der Waals surface area contributed by atoms with E-state index in [2.05, 4.69) is 22.9 Å². The van der Waals surface area contributed by atoms with Crippen molar-refractivity contribution in [1.82, 2.24) is 5.32 Å². The van der Waals surface area contributed by atoms with Crippen molar-refractivity contribution < 1.29 is 14.3 Å². The van der Waals surface area contributed by atoms with Gasteiger partial charge in [-0.2, -0.15) is 0 Å². The third-order valence-electron chi connectivity index (χ3n) is 5.78. The molecule has 0 saturated carbocycles. The zero-order valence-electron chi connectivity index (χ0n) is 20.8. The van der Waals surface area contributed by atoms with Gasteiger partial charge >= 0.3 is 6.03 Å². The van der Waals surface area contributed by atoms with E-state index in [1.165, 1.54) is 0 Å². The van der Waals surface area contributed by atoms with E-state index in [1.54, 1.807) is 30.3 Å². The number of amides is 3. The molecule has 0 atom stereocenters. The Bertz CT molecular complexity index is 1260. The minimum absolute atomic E-state index is 0.254. The minimum atomic E-state index is -0.412. The summed E-state index contributed by atoms with van der Waals surface area (Å²) < 4.78 is 6.51. The fraction of sp³-hybridized carbons (Fsp3) is 0.161. The number of benzene rings is 4. The van der Waals surface area contributed by atoms with E-state index in [1.807, 2.05) is 78.9 Å². The Kier molecular flexibility index (Phi) is 8.92. The molecule has 4 aromatic rings. The molecule has 6 nitrogen and oxygen atoms in total. The fourth-order valence-corrected chi connectivity index (χ4v) is 3.89. The van der Waals surface area contributed by atoms with E-state index in [4.69, 9.17) is 4.74 Å². The molecule has 0 saturated heterocycles. The topological polar surface area (TPSA) is 79.5 Å². The molecule has 4 rings (SSSR count). The highest BCUT2D eigenvalue weighted by Gasteiger charge is 2.21. The second kappa shape index (κ2) is 12.9. The van der Waals surface area contributed by atoms with Crippen molar-refractivity contribution in [3.63, 3.8) is 0 Å². The molecular formula is C31H31N3O3. The predicted octanol–water partition coefficient (Wildman–Crippen LogP) is 7.03. The lowest BCUT2D eigenvalue weighted by Crippen LogP contribution is -2.26. The first kappa shape index (κ1) is 25.5. The normalized spacial score (nSPS) is 10.5. The first-order chi connectivity index (χ1) is 18.1. The van der Waals surface area contributed by atoms with Crippen LogP contribution < -0.4 is 20.7 Å². The molecule has 0 heterocycles. The van der Waals surface area contributed by atoms with Gasteiger partial charge in [-0.15, -0.1) is 0 Å². The molecule has 6 heteroatoms. The van der Waals surface area contributed by atoms with Crippen LogP contribution in [0.15, 0.2) is 109 Å². The highest BCUT2D eigenvalue weighted by molar-refractivity contribution is 6.02. The van der Waals surface area contributed by atoms with E-state index in [-0.39, 0.29) is 5.91 Å². The van der Waals surface area contributed by atoms with Gasteiger partial charge in [0.2, 0.25) is 0 Å².